The Morgan fingerprint density at radius 1 is 0.853 bits per heavy atom. The van der Waals surface area contributed by atoms with Gasteiger partial charge in [-0.05, 0) is 73.5 Å². The molecule has 0 fully saturated rings. The second-order valence-corrected chi connectivity index (χ2v) is 8.92. The summed E-state index contributed by atoms with van der Waals surface area (Å²) in [6.07, 6.45) is 0. The third kappa shape index (κ3) is 4.66. The van der Waals surface area contributed by atoms with E-state index in [0.29, 0.717) is 11.3 Å². The van der Waals surface area contributed by atoms with Crippen molar-refractivity contribution in [2.24, 2.45) is 0 Å². The Hall–Kier alpha value is -3.32. The molecule has 0 bridgehead atoms. The fourth-order valence-corrected chi connectivity index (χ4v) is 4.17. The molecule has 1 heterocycles. The molecule has 3 amide bonds. The zero-order valence-corrected chi connectivity index (χ0v) is 20.3. The molecule has 0 saturated carbocycles. The third-order valence-corrected chi connectivity index (χ3v) is 6.19. The van der Waals surface area contributed by atoms with Gasteiger partial charge < -0.3 is 10.6 Å². The molecule has 0 saturated heterocycles. The summed E-state index contributed by atoms with van der Waals surface area (Å²) in [6, 6.07) is 16.5. The number of hydrogen-bond donors (Lipinski definition) is 2. The topological polar surface area (TPSA) is 78.5 Å². The molecule has 3 aromatic carbocycles. The van der Waals surface area contributed by atoms with Crippen LogP contribution in [0.4, 0.5) is 17.1 Å². The van der Waals surface area contributed by atoms with Crippen LogP contribution in [0.5, 0.6) is 0 Å². The van der Waals surface area contributed by atoms with Gasteiger partial charge in [-0.1, -0.05) is 46.9 Å². The molecular weight excluding hydrogens is 497 g/mol. The van der Waals surface area contributed by atoms with Crippen molar-refractivity contribution in [2.45, 2.75) is 13.8 Å². The molecule has 9 heteroatoms. The Bertz CT molecular complexity index is 1350. The molecule has 0 unspecified atom stereocenters. The first-order valence-electron chi connectivity index (χ1n) is 10.1. The fourth-order valence-electron chi connectivity index (χ4n) is 3.44. The van der Waals surface area contributed by atoms with Crippen LogP contribution < -0.4 is 15.5 Å². The number of nitrogens with one attached hydrogen (secondary N) is 2. The number of benzene rings is 3. The van der Waals surface area contributed by atoms with E-state index in [1.165, 1.54) is 18.2 Å². The summed E-state index contributed by atoms with van der Waals surface area (Å²) >= 11 is 18.2. The normalized spacial score (nSPS) is 13.5. The Kier molecular flexibility index (Phi) is 6.66. The maximum atomic E-state index is 12.9. The molecule has 0 radical (unpaired) electrons. The van der Waals surface area contributed by atoms with Gasteiger partial charge in [0.15, 0.2) is 0 Å². The monoisotopic (exact) mass is 513 g/mol. The largest absolute Gasteiger partial charge is 0.350 e. The number of anilines is 3. The number of hydrogen-bond acceptors (Lipinski definition) is 4. The average Bonchev–Trinajstić information content (AvgIpc) is 2.99. The molecule has 0 atom stereocenters. The van der Waals surface area contributed by atoms with Crippen LogP contribution in [-0.4, -0.2) is 17.7 Å². The maximum Gasteiger partial charge on any atom is 0.283 e. The summed E-state index contributed by atoms with van der Waals surface area (Å²) in [7, 11) is 0. The zero-order valence-electron chi connectivity index (χ0n) is 18.1. The molecule has 1 aliphatic rings. The van der Waals surface area contributed by atoms with Crippen molar-refractivity contribution in [3.63, 3.8) is 0 Å². The van der Waals surface area contributed by atoms with Crippen molar-refractivity contribution in [1.29, 1.82) is 0 Å². The third-order valence-electron chi connectivity index (χ3n) is 5.40. The summed E-state index contributed by atoms with van der Waals surface area (Å²) in [5.74, 6) is -1.62. The first-order chi connectivity index (χ1) is 16.2. The molecule has 2 N–H and O–H groups in total. The number of rotatable bonds is 5. The average molecular weight is 515 g/mol. The molecule has 34 heavy (non-hydrogen) atoms. The number of carbonyl (C=O) groups is 3. The van der Waals surface area contributed by atoms with E-state index in [0.717, 1.165) is 21.7 Å². The van der Waals surface area contributed by atoms with Crippen LogP contribution >= 0.6 is 34.8 Å². The first-order valence-corrected chi connectivity index (χ1v) is 11.3. The highest BCUT2D eigenvalue weighted by Gasteiger charge is 2.39. The molecule has 0 aliphatic carbocycles. The van der Waals surface area contributed by atoms with Gasteiger partial charge in [-0.3, -0.25) is 14.4 Å². The Morgan fingerprint density at radius 2 is 1.50 bits per heavy atom. The minimum atomic E-state index is -0.697. The molecular formula is C25H18Cl3N3O3. The van der Waals surface area contributed by atoms with Crippen LogP contribution in [0.3, 0.4) is 0 Å². The first kappa shape index (κ1) is 23.8. The fraction of sp³-hybridized carbons (Fsp3) is 0.0800. The molecule has 3 aromatic rings. The number of amides is 3. The lowest BCUT2D eigenvalue weighted by atomic mass is 10.1. The van der Waals surface area contributed by atoms with Gasteiger partial charge in [-0.25, -0.2) is 4.90 Å². The molecule has 4 rings (SSSR count). The Balaban J connectivity index is 1.50. The minimum Gasteiger partial charge on any atom is -0.350 e. The van der Waals surface area contributed by atoms with E-state index in [1.807, 2.05) is 32.0 Å². The van der Waals surface area contributed by atoms with Crippen LogP contribution in [-0.2, 0) is 9.59 Å². The molecule has 172 valence electrons. The van der Waals surface area contributed by atoms with Crippen LogP contribution in [0.1, 0.15) is 21.5 Å². The number of imide groups is 1. The summed E-state index contributed by atoms with van der Waals surface area (Å²) in [5.41, 5.74) is 3.83. The number of aryl methyl sites for hydroxylation is 1. The van der Waals surface area contributed by atoms with Gasteiger partial charge in [-0.15, -0.1) is 0 Å². The van der Waals surface area contributed by atoms with Gasteiger partial charge in [0.1, 0.15) is 10.7 Å². The van der Waals surface area contributed by atoms with E-state index < -0.39 is 11.8 Å². The lowest BCUT2D eigenvalue weighted by Crippen LogP contribution is -2.32. The van der Waals surface area contributed by atoms with Gasteiger partial charge in [0.25, 0.3) is 17.7 Å². The van der Waals surface area contributed by atoms with Gasteiger partial charge >= 0.3 is 0 Å². The van der Waals surface area contributed by atoms with Gasteiger partial charge in [0.2, 0.25) is 0 Å². The zero-order chi connectivity index (χ0) is 24.6. The summed E-state index contributed by atoms with van der Waals surface area (Å²) in [6.45, 7) is 3.92. The standard InChI is InChI=1S/C25H18Cl3N3O3/c1-13-4-3-5-20(14(13)2)30-23(32)15-6-8-18(9-7-15)29-22-21(28)24(33)31(25(22)34)19-11-16(26)10-17(27)12-19/h3-12,29H,1-2H3,(H,30,32). The second kappa shape index (κ2) is 9.50. The maximum absolute atomic E-state index is 12.9. The Labute approximate surface area is 211 Å². The predicted octanol–water partition coefficient (Wildman–Crippen LogP) is 6.30. The lowest BCUT2D eigenvalue weighted by Gasteiger charge is -2.16. The number of carbonyl (C=O) groups excluding carboxylic acids is 3. The minimum absolute atomic E-state index is 0.0876. The van der Waals surface area contributed by atoms with E-state index in [4.69, 9.17) is 34.8 Å². The molecule has 6 nitrogen and oxygen atoms in total. The number of halogens is 3. The van der Waals surface area contributed by atoms with Crippen molar-refractivity contribution >= 4 is 69.6 Å². The van der Waals surface area contributed by atoms with Crippen molar-refractivity contribution in [1.82, 2.24) is 0 Å². The predicted molar refractivity (Wildman–Crippen MR) is 136 cm³/mol. The summed E-state index contributed by atoms with van der Waals surface area (Å²) < 4.78 is 0. The van der Waals surface area contributed by atoms with Crippen molar-refractivity contribution < 1.29 is 14.4 Å². The second-order valence-electron chi connectivity index (χ2n) is 7.67. The molecule has 1 aliphatic heterocycles. The lowest BCUT2D eigenvalue weighted by molar-refractivity contribution is -0.120. The van der Waals surface area contributed by atoms with Gasteiger partial charge in [0, 0.05) is 27.0 Å². The van der Waals surface area contributed by atoms with Crippen molar-refractivity contribution in [3.05, 3.63) is 98.1 Å². The van der Waals surface area contributed by atoms with E-state index in [1.54, 1.807) is 24.3 Å². The SMILES string of the molecule is Cc1cccc(NC(=O)c2ccc(NC3=C(Cl)C(=O)N(c4cc(Cl)cc(Cl)c4)C3=O)cc2)c1C. The molecule has 0 aromatic heterocycles. The highest BCUT2D eigenvalue weighted by molar-refractivity contribution is 6.53. The van der Waals surface area contributed by atoms with Crippen LogP contribution in [0.2, 0.25) is 10.0 Å². The Morgan fingerprint density at radius 3 is 2.15 bits per heavy atom. The summed E-state index contributed by atoms with van der Waals surface area (Å²) in [5, 5.41) is 6.05. The van der Waals surface area contributed by atoms with Crippen LogP contribution in [0, 0.1) is 13.8 Å². The summed E-state index contributed by atoms with van der Waals surface area (Å²) in [4.78, 5) is 39.1. The van der Waals surface area contributed by atoms with Crippen LogP contribution in [0.15, 0.2) is 71.4 Å². The quantitative estimate of drug-likeness (QED) is 0.392. The van der Waals surface area contributed by atoms with Crippen molar-refractivity contribution in [3.8, 4) is 0 Å². The van der Waals surface area contributed by atoms with Crippen molar-refractivity contribution in [2.75, 3.05) is 15.5 Å². The smallest absolute Gasteiger partial charge is 0.283 e. The van der Waals surface area contributed by atoms with E-state index >= 15 is 0 Å². The highest BCUT2D eigenvalue weighted by atomic mass is 35.5. The molecule has 0 spiro atoms. The van der Waals surface area contributed by atoms with E-state index in [9.17, 15) is 14.4 Å². The number of nitrogens with zero attached hydrogens (tertiary/aromatic N) is 1. The highest BCUT2D eigenvalue weighted by Crippen LogP contribution is 2.33. The van der Waals surface area contributed by atoms with E-state index in [2.05, 4.69) is 10.6 Å². The van der Waals surface area contributed by atoms with Gasteiger partial charge in [0.05, 0.1) is 5.69 Å². The van der Waals surface area contributed by atoms with Crippen LogP contribution in [0.25, 0.3) is 0 Å². The van der Waals surface area contributed by atoms with Gasteiger partial charge in [-0.2, -0.15) is 0 Å². The van der Waals surface area contributed by atoms with E-state index in [-0.39, 0.29) is 32.4 Å².